The van der Waals surface area contributed by atoms with E-state index >= 15 is 0 Å². The molecule has 0 atom stereocenters. The summed E-state index contributed by atoms with van der Waals surface area (Å²) in [5.41, 5.74) is 3.71. The second kappa shape index (κ2) is 5.64. The van der Waals surface area contributed by atoms with E-state index in [4.69, 9.17) is 0 Å². The Kier molecular flexibility index (Phi) is 4.07. The number of carbonyl (C=O) groups excluding carboxylic acids is 1. The van der Waals surface area contributed by atoms with Crippen molar-refractivity contribution in [2.75, 3.05) is 0 Å². The Morgan fingerprint density at radius 2 is 2.10 bits per heavy atom. The van der Waals surface area contributed by atoms with Crippen LogP contribution >= 0.6 is 0 Å². The molecule has 1 aromatic rings. The molecule has 0 radical (unpaired) electrons. The number of amidine groups is 1. The number of hydrogen-bond donors (Lipinski definition) is 1. The van der Waals surface area contributed by atoms with Crippen molar-refractivity contribution in [1.82, 2.24) is 5.32 Å². The Morgan fingerprint density at radius 1 is 1.38 bits per heavy atom. The molecule has 4 nitrogen and oxygen atoms in total. The summed E-state index contributed by atoms with van der Waals surface area (Å²) in [5, 5.41) is 2.82. The van der Waals surface area contributed by atoms with E-state index in [1.165, 1.54) is 0 Å². The standard InChI is InChI=1S/C17H21N3O/c1-11(17(2,3)4)9-19-15(18-5)12-7-6-8-13-14(12)10-20-16(13)21/h6-9H,5,10H2,1-4H3,(H,20,21)/b11-9+,19-15-. The molecule has 1 N–H and O–H groups in total. The van der Waals surface area contributed by atoms with Crippen molar-refractivity contribution >= 4 is 18.5 Å². The van der Waals surface area contributed by atoms with Gasteiger partial charge in [0.15, 0.2) is 5.84 Å². The number of nitrogens with one attached hydrogen (secondary N) is 1. The first-order chi connectivity index (χ1) is 9.84. The maximum atomic E-state index is 11.7. The zero-order chi connectivity index (χ0) is 15.6. The summed E-state index contributed by atoms with van der Waals surface area (Å²) in [7, 11) is 0. The molecular weight excluding hydrogens is 262 g/mol. The van der Waals surface area contributed by atoms with Crippen LogP contribution in [0.4, 0.5) is 0 Å². The topological polar surface area (TPSA) is 53.8 Å². The summed E-state index contributed by atoms with van der Waals surface area (Å²) in [6, 6.07) is 5.59. The molecule has 1 aliphatic rings. The number of aliphatic imine (C=N–C) groups is 2. The van der Waals surface area contributed by atoms with Crippen LogP contribution in [0.3, 0.4) is 0 Å². The SMILES string of the molecule is C=N/C(=N\C=C(/C)C(C)(C)C)c1cccc2c1CNC2=O. The molecule has 0 fully saturated rings. The molecule has 1 aromatic carbocycles. The average Bonchev–Trinajstić information content (AvgIpc) is 2.81. The van der Waals surface area contributed by atoms with Gasteiger partial charge in [0.1, 0.15) is 0 Å². The van der Waals surface area contributed by atoms with E-state index in [-0.39, 0.29) is 11.3 Å². The number of fused-ring (bicyclic) bond motifs is 1. The summed E-state index contributed by atoms with van der Waals surface area (Å²) in [4.78, 5) is 20.2. The van der Waals surface area contributed by atoms with Gasteiger partial charge in [0.2, 0.25) is 0 Å². The molecule has 21 heavy (non-hydrogen) atoms. The van der Waals surface area contributed by atoms with Gasteiger partial charge < -0.3 is 5.32 Å². The lowest BCUT2D eigenvalue weighted by Gasteiger charge is -2.18. The summed E-state index contributed by atoms with van der Waals surface area (Å²) in [5.74, 6) is 0.503. The Morgan fingerprint density at radius 3 is 2.71 bits per heavy atom. The quantitative estimate of drug-likeness (QED) is 0.657. The molecule has 0 bridgehead atoms. The Hall–Kier alpha value is -2.23. The molecule has 1 amide bonds. The molecule has 110 valence electrons. The van der Waals surface area contributed by atoms with Gasteiger partial charge in [-0.15, -0.1) is 0 Å². The molecule has 0 unspecified atom stereocenters. The minimum Gasteiger partial charge on any atom is -0.348 e. The summed E-state index contributed by atoms with van der Waals surface area (Å²) in [6.45, 7) is 12.6. The van der Waals surface area contributed by atoms with Crippen LogP contribution in [0.1, 0.15) is 49.2 Å². The van der Waals surface area contributed by atoms with Crippen molar-refractivity contribution in [2.45, 2.75) is 34.2 Å². The van der Waals surface area contributed by atoms with Gasteiger partial charge >= 0.3 is 0 Å². The first-order valence-electron chi connectivity index (χ1n) is 6.97. The molecular formula is C17H21N3O. The van der Waals surface area contributed by atoms with E-state index in [1.54, 1.807) is 0 Å². The number of rotatable bonds is 2. The Bertz CT molecular complexity index is 648. The van der Waals surface area contributed by atoms with Gasteiger partial charge in [0.05, 0.1) is 0 Å². The van der Waals surface area contributed by atoms with Crippen molar-refractivity contribution in [3.63, 3.8) is 0 Å². The summed E-state index contributed by atoms with van der Waals surface area (Å²) >= 11 is 0. The number of allylic oxidation sites excluding steroid dienone is 1. The third-order valence-electron chi connectivity index (χ3n) is 3.80. The normalized spacial score (nSPS) is 15.7. The number of amides is 1. The summed E-state index contributed by atoms with van der Waals surface area (Å²) < 4.78 is 0. The largest absolute Gasteiger partial charge is 0.348 e. The Labute approximate surface area is 125 Å². The lowest BCUT2D eigenvalue weighted by molar-refractivity contribution is 0.0966. The highest BCUT2D eigenvalue weighted by Crippen LogP contribution is 2.25. The minimum atomic E-state index is -0.0447. The zero-order valence-electron chi connectivity index (χ0n) is 13.0. The van der Waals surface area contributed by atoms with Gasteiger partial charge in [0, 0.05) is 23.9 Å². The maximum Gasteiger partial charge on any atom is 0.251 e. The van der Waals surface area contributed by atoms with Crippen LogP contribution in [0.5, 0.6) is 0 Å². The van der Waals surface area contributed by atoms with E-state index in [2.05, 4.69) is 42.8 Å². The third kappa shape index (κ3) is 3.10. The van der Waals surface area contributed by atoms with Crippen LogP contribution in [0.25, 0.3) is 0 Å². The highest BCUT2D eigenvalue weighted by atomic mass is 16.1. The molecule has 0 aromatic heterocycles. The van der Waals surface area contributed by atoms with Crippen LogP contribution < -0.4 is 5.32 Å². The van der Waals surface area contributed by atoms with Gasteiger partial charge in [-0.25, -0.2) is 9.98 Å². The molecule has 1 aliphatic heterocycles. The molecule has 0 aliphatic carbocycles. The zero-order valence-corrected chi connectivity index (χ0v) is 13.0. The fraction of sp³-hybridized carbons (Fsp3) is 0.353. The maximum absolute atomic E-state index is 11.7. The first-order valence-corrected chi connectivity index (χ1v) is 6.97. The monoisotopic (exact) mass is 283 g/mol. The highest BCUT2D eigenvalue weighted by molar-refractivity contribution is 6.07. The number of hydrogen-bond acceptors (Lipinski definition) is 2. The van der Waals surface area contributed by atoms with Gasteiger partial charge in [-0.2, -0.15) is 0 Å². The van der Waals surface area contributed by atoms with Gasteiger partial charge in [-0.1, -0.05) is 32.9 Å². The van der Waals surface area contributed by atoms with Crippen molar-refractivity contribution in [1.29, 1.82) is 0 Å². The van der Waals surface area contributed by atoms with Gasteiger partial charge in [-0.3, -0.25) is 4.79 Å². The number of nitrogens with zero attached hydrogens (tertiary/aromatic N) is 2. The van der Waals surface area contributed by atoms with Crippen molar-refractivity contribution in [3.05, 3.63) is 46.7 Å². The van der Waals surface area contributed by atoms with E-state index < -0.39 is 0 Å². The second-order valence-corrected chi connectivity index (χ2v) is 6.19. The first kappa shape index (κ1) is 15.2. The van der Waals surface area contributed by atoms with Crippen LogP contribution in [-0.2, 0) is 6.54 Å². The fourth-order valence-corrected chi connectivity index (χ4v) is 2.01. The van der Waals surface area contributed by atoms with E-state index in [9.17, 15) is 4.79 Å². The van der Waals surface area contributed by atoms with E-state index in [0.717, 1.165) is 16.7 Å². The third-order valence-corrected chi connectivity index (χ3v) is 3.80. The minimum absolute atomic E-state index is 0.0447. The van der Waals surface area contributed by atoms with Gasteiger partial charge in [0.25, 0.3) is 5.91 Å². The summed E-state index contributed by atoms with van der Waals surface area (Å²) in [6.07, 6.45) is 1.83. The molecule has 0 saturated heterocycles. The Balaban J connectivity index is 2.45. The number of benzene rings is 1. The van der Waals surface area contributed by atoms with Crippen LogP contribution in [0.15, 0.2) is 40.0 Å². The molecule has 2 rings (SSSR count). The molecule has 4 heteroatoms. The molecule has 1 heterocycles. The highest BCUT2D eigenvalue weighted by Gasteiger charge is 2.22. The van der Waals surface area contributed by atoms with Crippen molar-refractivity contribution in [3.8, 4) is 0 Å². The second-order valence-electron chi connectivity index (χ2n) is 6.19. The smallest absolute Gasteiger partial charge is 0.251 e. The fourth-order valence-electron chi connectivity index (χ4n) is 2.01. The van der Waals surface area contributed by atoms with E-state index in [1.807, 2.05) is 31.3 Å². The lowest BCUT2D eigenvalue weighted by Crippen LogP contribution is -2.12. The van der Waals surface area contributed by atoms with Crippen LogP contribution in [-0.4, -0.2) is 18.5 Å². The molecule has 0 saturated carbocycles. The van der Waals surface area contributed by atoms with Crippen molar-refractivity contribution < 1.29 is 4.79 Å². The average molecular weight is 283 g/mol. The lowest BCUT2D eigenvalue weighted by atomic mass is 9.88. The predicted molar refractivity (Wildman–Crippen MR) is 86.9 cm³/mol. The van der Waals surface area contributed by atoms with Crippen molar-refractivity contribution in [2.24, 2.45) is 15.4 Å². The number of carbonyl (C=O) groups is 1. The predicted octanol–water partition coefficient (Wildman–Crippen LogP) is 3.33. The van der Waals surface area contributed by atoms with Crippen LogP contribution in [0, 0.1) is 5.41 Å². The van der Waals surface area contributed by atoms with Crippen LogP contribution in [0.2, 0.25) is 0 Å². The molecule has 0 spiro atoms. The van der Waals surface area contributed by atoms with Gasteiger partial charge in [-0.05, 0) is 36.3 Å². The van der Waals surface area contributed by atoms with E-state index in [0.29, 0.717) is 17.9 Å².